The Morgan fingerprint density at radius 2 is 1.94 bits per heavy atom. The second kappa shape index (κ2) is 8.87. The number of piperidine rings is 1. The Labute approximate surface area is 200 Å². The number of aromatic nitrogens is 4. The number of amides is 1. The van der Waals surface area contributed by atoms with Crippen LogP contribution in [0.1, 0.15) is 55.3 Å². The molecule has 0 aliphatic carbocycles. The lowest BCUT2D eigenvalue weighted by Crippen LogP contribution is -2.42. The Kier molecular flexibility index (Phi) is 5.90. The van der Waals surface area contributed by atoms with Crippen LogP contribution in [-0.4, -0.2) is 69.0 Å². The van der Waals surface area contributed by atoms with Gasteiger partial charge in [-0.15, -0.1) is 0 Å². The zero-order chi connectivity index (χ0) is 24.0. The second-order valence-electron chi connectivity index (χ2n) is 10.2. The first-order chi connectivity index (χ1) is 16.3. The molecule has 34 heavy (non-hydrogen) atoms. The average molecular weight is 459 g/mol. The van der Waals surface area contributed by atoms with E-state index in [1.807, 2.05) is 28.4 Å². The molecule has 1 aromatic carbocycles. The fourth-order valence-corrected chi connectivity index (χ4v) is 5.38. The number of nitrogens with zero attached hydrogens (tertiary/aromatic N) is 5. The molecule has 0 unspecified atom stereocenters. The molecule has 7 nitrogen and oxygen atoms in total. The summed E-state index contributed by atoms with van der Waals surface area (Å²) in [6, 6.07) is 11.2. The molecule has 178 valence electrons. The Morgan fingerprint density at radius 3 is 2.65 bits per heavy atom. The van der Waals surface area contributed by atoms with Gasteiger partial charge in [0.05, 0.1) is 12.2 Å². The summed E-state index contributed by atoms with van der Waals surface area (Å²) in [6.07, 6.45) is 3.63. The van der Waals surface area contributed by atoms with Crippen LogP contribution < -0.4 is 0 Å². The summed E-state index contributed by atoms with van der Waals surface area (Å²) >= 11 is 0. The number of aromatic amines is 1. The van der Waals surface area contributed by atoms with Crippen molar-refractivity contribution in [2.24, 2.45) is 0 Å². The molecular weight excluding hydrogens is 424 g/mol. The van der Waals surface area contributed by atoms with Gasteiger partial charge in [0.1, 0.15) is 6.33 Å². The molecular formula is C27H34N6O. The molecule has 7 heteroatoms. The van der Waals surface area contributed by atoms with Gasteiger partial charge in [-0.25, -0.2) is 9.50 Å². The molecule has 1 N–H and O–H groups in total. The van der Waals surface area contributed by atoms with Gasteiger partial charge in [0.15, 0.2) is 5.65 Å². The molecule has 0 saturated carbocycles. The van der Waals surface area contributed by atoms with Gasteiger partial charge in [0.2, 0.25) is 5.91 Å². The van der Waals surface area contributed by atoms with E-state index in [9.17, 15) is 4.79 Å². The zero-order valence-corrected chi connectivity index (χ0v) is 20.8. The summed E-state index contributed by atoms with van der Waals surface area (Å²) in [6.45, 7) is 8.74. The summed E-state index contributed by atoms with van der Waals surface area (Å²) in [5.41, 5.74) is 8.13. The van der Waals surface area contributed by atoms with Crippen molar-refractivity contribution in [3.8, 4) is 11.3 Å². The van der Waals surface area contributed by atoms with Crippen molar-refractivity contribution >= 4 is 22.5 Å². The molecule has 3 aromatic heterocycles. The first kappa shape index (κ1) is 22.6. The molecule has 1 aliphatic rings. The molecule has 1 saturated heterocycles. The summed E-state index contributed by atoms with van der Waals surface area (Å²) in [7, 11) is 3.89. The van der Waals surface area contributed by atoms with E-state index in [0.29, 0.717) is 18.4 Å². The van der Waals surface area contributed by atoms with Crippen LogP contribution >= 0.6 is 0 Å². The predicted octanol–water partition coefficient (Wildman–Crippen LogP) is 4.58. The number of pyridine rings is 1. The zero-order valence-electron chi connectivity index (χ0n) is 20.8. The smallest absolute Gasteiger partial charge is 0.236 e. The van der Waals surface area contributed by atoms with E-state index in [1.54, 1.807) is 6.33 Å². The molecule has 0 atom stereocenters. The minimum absolute atomic E-state index is 0.233. The summed E-state index contributed by atoms with van der Waals surface area (Å²) in [4.78, 5) is 24.5. The number of aryl methyl sites for hydroxylation is 1. The number of hydrogen-bond donors (Lipinski definition) is 1. The van der Waals surface area contributed by atoms with E-state index < -0.39 is 0 Å². The van der Waals surface area contributed by atoms with Gasteiger partial charge in [-0.05, 0) is 81.1 Å². The maximum atomic E-state index is 12.4. The van der Waals surface area contributed by atoms with E-state index in [4.69, 9.17) is 0 Å². The highest BCUT2D eigenvalue weighted by Gasteiger charge is 2.25. The van der Waals surface area contributed by atoms with Crippen molar-refractivity contribution in [1.82, 2.24) is 29.4 Å². The molecule has 4 aromatic rings. The maximum Gasteiger partial charge on any atom is 0.236 e. The number of benzene rings is 1. The van der Waals surface area contributed by atoms with Crippen molar-refractivity contribution in [1.29, 1.82) is 0 Å². The average Bonchev–Trinajstić information content (AvgIpc) is 3.43. The maximum absolute atomic E-state index is 12.4. The Hall–Kier alpha value is -3.19. The van der Waals surface area contributed by atoms with E-state index in [2.05, 4.69) is 66.2 Å². The number of likely N-dealkylation sites (tertiary alicyclic amines) is 1. The highest BCUT2D eigenvalue weighted by Crippen LogP contribution is 2.38. The van der Waals surface area contributed by atoms with Gasteiger partial charge in [-0.2, -0.15) is 5.10 Å². The van der Waals surface area contributed by atoms with Gasteiger partial charge in [-0.1, -0.05) is 19.9 Å². The van der Waals surface area contributed by atoms with Crippen LogP contribution in [0, 0.1) is 6.92 Å². The van der Waals surface area contributed by atoms with Crippen LogP contribution in [0.4, 0.5) is 0 Å². The van der Waals surface area contributed by atoms with E-state index in [-0.39, 0.29) is 5.91 Å². The minimum atomic E-state index is 0.233. The predicted molar refractivity (Wildman–Crippen MR) is 136 cm³/mol. The fourth-order valence-electron chi connectivity index (χ4n) is 5.38. The lowest BCUT2D eigenvalue weighted by molar-refractivity contribution is -0.132. The van der Waals surface area contributed by atoms with Gasteiger partial charge in [-0.3, -0.25) is 4.79 Å². The van der Waals surface area contributed by atoms with E-state index in [0.717, 1.165) is 42.8 Å². The number of nitrogens with one attached hydrogen (secondary N) is 1. The summed E-state index contributed by atoms with van der Waals surface area (Å²) in [5, 5.41) is 5.61. The van der Waals surface area contributed by atoms with Crippen molar-refractivity contribution in [2.75, 3.05) is 33.7 Å². The van der Waals surface area contributed by atoms with Crippen LogP contribution in [0.25, 0.3) is 27.8 Å². The Morgan fingerprint density at radius 1 is 1.18 bits per heavy atom. The third-order valence-electron chi connectivity index (χ3n) is 7.06. The van der Waals surface area contributed by atoms with Gasteiger partial charge in [0, 0.05) is 35.2 Å². The monoisotopic (exact) mass is 458 g/mol. The Bertz CT molecular complexity index is 1340. The minimum Gasteiger partial charge on any atom is -0.354 e. The number of rotatable bonds is 5. The summed E-state index contributed by atoms with van der Waals surface area (Å²) < 4.78 is 1.87. The number of fused-ring (bicyclic) bond motifs is 2. The number of carbonyl (C=O) groups is 1. The lowest BCUT2D eigenvalue weighted by Gasteiger charge is -2.33. The van der Waals surface area contributed by atoms with Crippen LogP contribution in [0.2, 0.25) is 0 Å². The number of H-pyrrole nitrogens is 1. The fraction of sp³-hybridized carbons (Fsp3) is 0.444. The lowest BCUT2D eigenvalue weighted by atomic mass is 9.87. The van der Waals surface area contributed by atoms with Crippen LogP contribution in [0.3, 0.4) is 0 Å². The van der Waals surface area contributed by atoms with Crippen LogP contribution in [-0.2, 0) is 4.79 Å². The molecule has 1 amide bonds. The molecule has 5 rings (SSSR count). The third-order valence-corrected chi connectivity index (χ3v) is 7.06. The van der Waals surface area contributed by atoms with E-state index >= 15 is 0 Å². The highest BCUT2D eigenvalue weighted by molar-refractivity contribution is 5.92. The first-order valence-electron chi connectivity index (χ1n) is 12.2. The Balaban J connectivity index is 1.47. The molecule has 0 radical (unpaired) electrons. The first-order valence-corrected chi connectivity index (χ1v) is 12.2. The van der Waals surface area contributed by atoms with Crippen LogP contribution in [0.15, 0.2) is 36.7 Å². The topological polar surface area (TPSA) is 69.5 Å². The quantitative estimate of drug-likeness (QED) is 0.475. The largest absolute Gasteiger partial charge is 0.354 e. The molecule has 0 spiro atoms. The second-order valence-corrected chi connectivity index (χ2v) is 10.2. The van der Waals surface area contributed by atoms with E-state index in [1.165, 1.54) is 27.7 Å². The van der Waals surface area contributed by atoms with Gasteiger partial charge >= 0.3 is 0 Å². The number of carbonyl (C=O) groups excluding carboxylic acids is 1. The van der Waals surface area contributed by atoms with Gasteiger partial charge < -0.3 is 14.8 Å². The molecule has 1 fully saturated rings. The molecule has 0 bridgehead atoms. The highest BCUT2D eigenvalue weighted by atomic mass is 16.2. The van der Waals surface area contributed by atoms with Crippen molar-refractivity contribution in [3.63, 3.8) is 0 Å². The molecule has 1 aliphatic heterocycles. The van der Waals surface area contributed by atoms with Crippen molar-refractivity contribution < 1.29 is 4.79 Å². The van der Waals surface area contributed by atoms with Crippen molar-refractivity contribution in [3.05, 3.63) is 53.5 Å². The number of hydrogen-bond acceptors (Lipinski definition) is 4. The normalized spacial score (nSPS) is 15.3. The van der Waals surface area contributed by atoms with Gasteiger partial charge in [0.25, 0.3) is 0 Å². The SMILES string of the molecule is Cc1cc(-c2[nH]c3ccc(C4CCN(C(=O)CN(C)C)CC4)cc3c2C(C)C)cc2ncnn12. The van der Waals surface area contributed by atoms with Crippen LogP contribution in [0.5, 0.6) is 0 Å². The molecule has 4 heterocycles. The number of likely N-dealkylation sites (N-methyl/N-ethyl adjacent to an activating group) is 1. The standard InChI is InChI=1S/C27H34N6O/c1-17(2)26-22-13-20(19-8-10-32(11-9-19)25(34)15-31(4)5)6-7-23(22)30-27(26)21-12-18(3)33-24(14-21)28-16-29-33/h6-7,12-14,16-17,19,30H,8-11,15H2,1-5H3. The summed E-state index contributed by atoms with van der Waals surface area (Å²) in [5.74, 6) is 1.09. The van der Waals surface area contributed by atoms with Crippen molar-refractivity contribution in [2.45, 2.75) is 45.4 Å². The third kappa shape index (κ3) is 4.09.